The molecule has 33 heavy (non-hydrogen) atoms. The number of carbonyl (C=O) groups is 2. The maximum atomic E-state index is 12.9. The molecule has 4 rings (SSSR count). The lowest BCUT2D eigenvalue weighted by molar-refractivity contribution is -0.121. The van der Waals surface area contributed by atoms with Crippen LogP contribution in [0.25, 0.3) is 0 Å². The van der Waals surface area contributed by atoms with Crippen molar-refractivity contribution >= 4 is 38.3 Å². The number of rotatable bonds is 7. The van der Waals surface area contributed by atoms with Crippen molar-refractivity contribution in [2.75, 3.05) is 18.4 Å². The molecule has 2 aromatic heterocycles. The second-order valence-electron chi connectivity index (χ2n) is 7.78. The Morgan fingerprint density at radius 3 is 2.52 bits per heavy atom. The molecule has 0 bridgehead atoms. The number of amides is 2. The first-order valence-electron chi connectivity index (χ1n) is 10.5. The van der Waals surface area contributed by atoms with Crippen molar-refractivity contribution < 1.29 is 22.4 Å². The Balaban J connectivity index is 1.31. The minimum absolute atomic E-state index is 0.0424. The van der Waals surface area contributed by atoms with E-state index in [-0.39, 0.29) is 29.2 Å². The number of aromatic nitrogens is 1. The molecule has 11 heteroatoms. The van der Waals surface area contributed by atoms with Crippen LogP contribution in [0, 0.1) is 12.8 Å². The highest BCUT2D eigenvalue weighted by Gasteiger charge is 2.28. The molecule has 0 aliphatic carbocycles. The first kappa shape index (κ1) is 23.1. The van der Waals surface area contributed by atoms with E-state index in [4.69, 9.17) is 4.42 Å². The Morgan fingerprint density at radius 2 is 1.91 bits per heavy atom. The van der Waals surface area contributed by atoms with Gasteiger partial charge in [-0.3, -0.25) is 9.59 Å². The van der Waals surface area contributed by atoms with Crippen molar-refractivity contribution in [1.29, 1.82) is 0 Å². The van der Waals surface area contributed by atoms with Crippen LogP contribution in [0.3, 0.4) is 0 Å². The van der Waals surface area contributed by atoms with Gasteiger partial charge in [0.1, 0.15) is 5.76 Å². The molecule has 174 valence electrons. The van der Waals surface area contributed by atoms with Crippen molar-refractivity contribution in [3.8, 4) is 0 Å². The van der Waals surface area contributed by atoms with Crippen molar-refractivity contribution in [3.05, 3.63) is 65.1 Å². The smallest absolute Gasteiger partial charge is 0.253 e. The number of furan rings is 1. The highest BCUT2D eigenvalue weighted by atomic mass is 32.2. The summed E-state index contributed by atoms with van der Waals surface area (Å²) in [6.07, 6.45) is 2.59. The summed E-state index contributed by atoms with van der Waals surface area (Å²) in [7, 11) is -3.73. The van der Waals surface area contributed by atoms with Gasteiger partial charge in [-0.2, -0.15) is 0 Å². The predicted molar refractivity (Wildman–Crippen MR) is 123 cm³/mol. The maximum Gasteiger partial charge on any atom is 0.253 e. The fourth-order valence-electron chi connectivity index (χ4n) is 3.59. The van der Waals surface area contributed by atoms with Crippen LogP contribution >= 0.6 is 11.3 Å². The number of thiazole rings is 1. The van der Waals surface area contributed by atoms with Crippen LogP contribution in [0.15, 0.2) is 57.4 Å². The van der Waals surface area contributed by atoms with E-state index in [1.165, 1.54) is 41.9 Å². The predicted octanol–water partition coefficient (Wildman–Crippen LogP) is 3.01. The average Bonchev–Trinajstić information content (AvgIpc) is 3.49. The summed E-state index contributed by atoms with van der Waals surface area (Å²) in [5.41, 5.74) is 1.27. The number of likely N-dealkylation sites (tertiary alicyclic amines) is 1. The molecule has 2 amide bonds. The van der Waals surface area contributed by atoms with Gasteiger partial charge in [0.2, 0.25) is 15.9 Å². The number of nitrogens with zero attached hydrogens (tertiary/aromatic N) is 2. The summed E-state index contributed by atoms with van der Waals surface area (Å²) in [6.45, 7) is 2.83. The summed E-state index contributed by atoms with van der Waals surface area (Å²) >= 11 is 1.39. The molecule has 3 heterocycles. The van der Waals surface area contributed by atoms with Crippen molar-refractivity contribution in [2.45, 2.75) is 31.2 Å². The molecule has 1 aliphatic heterocycles. The molecule has 2 N–H and O–H groups in total. The Hall–Kier alpha value is -3.02. The number of benzene rings is 1. The van der Waals surface area contributed by atoms with Gasteiger partial charge in [-0.1, -0.05) is 0 Å². The number of hydrogen-bond donors (Lipinski definition) is 2. The molecule has 9 nitrogen and oxygen atoms in total. The van der Waals surface area contributed by atoms with E-state index in [0.29, 0.717) is 42.4 Å². The average molecular weight is 489 g/mol. The van der Waals surface area contributed by atoms with Gasteiger partial charge in [0.05, 0.1) is 23.4 Å². The van der Waals surface area contributed by atoms with E-state index < -0.39 is 10.0 Å². The van der Waals surface area contributed by atoms with Crippen molar-refractivity contribution in [2.24, 2.45) is 5.92 Å². The van der Waals surface area contributed by atoms with Crippen LogP contribution in [-0.2, 0) is 21.4 Å². The molecule has 0 unspecified atom stereocenters. The van der Waals surface area contributed by atoms with Crippen LogP contribution in [0.5, 0.6) is 0 Å². The number of carbonyl (C=O) groups excluding carboxylic acids is 2. The number of sulfonamides is 1. The zero-order valence-electron chi connectivity index (χ0n) is 18.0. The van der Waals surface area contributed by atoms with Crippen molar-refractivity contribution in [1.82, 2.24) is 14.6 Å². The van der Waals surface area contributed by atoms with Crippen LogP contribution in [0.2, 0.25) is 0 Å². The molecule has 1 saturated heterocycles. The lowest BCUT2D eigenvalue weighted by Gasteiger charge is -2.31. The molecule has 0 atom stereocenters. The topological polar surface area (TPSA) is 122 Å². The quantitative estimate of drug-likeness (QED) is 0.527. The van der Waals surface area contributed by atoms with Crippen molar-refractivity contribution in [3.63, 3.8) is 0 Å². The lowest BCUT2D eigenvalue weighted by Crippen LogP contribution is -2.41. The zero-order chi connectivity index (χ0) is 23.4. The minimum Gasteiger partial charge on any atom is -0.468 e. The molecule has 1 aromatic carbocycles. The largest absolute Gasteiger partial charge is 0.468 e. The minimum atomic E-state index is -3.73. The fraction of sp³-hybridized carbons (Fsp3) is 0.318. The van der Waals surface area contributed by atoms with E-state index in [1.807, 2.05) is 12.3 Å². The molecule has 3 aromatic rings. The van der Waals surface area contributed by atoms with Gasteiger partial charge < -0.3 is 14.6 Å². The van der Waals surface area contributed by atoms with Crippen LogP contribution in [0.1, 0.15) is 34.7 Å². The lowest BCUT2D eigenvalue weighted by atomic mass is 9.95. The second kappa shape index (κ2) is 9.86. The monoisotopic (exact) mass is 488 g/mol. The molecule has 0 spiro atoms. The van der Waals surface area contributed by atoms with Gasteiger partial charge in [0, 0.05) is 30.0 Å². The van der Waals surface area contributed by atoms with E-state index in [2.05, 4.69) is 15.0 Å². The molecular formula is C22H24N4O5S2. The number of piperidine rings is 1. The molecule has 0 radical (unpaired) electrons. The normalized spacial score (nSPS) is 14.9. The highest BCUT2D eigenvalue weighted by molar-refractivity contribution is 7.89. The van der Waals surface area contributed by atoms with Crippen LogP contribution in [0.4, 0.5) is 5.13 Å². The summed E-state index contributed by atoms with van der Waals surface area (Å²) < 4.78 is 32.5. The molecular weight excluding hydrogens is 464 g/mol. The fourth-order valence-corrected chi connectivity index (χ4v) is 5.27. The van der Waals surface area contributed by atoms with Gasteiger partial charge in [-0.15, -0.1) is 11.3 Å². The second-order valence-corrected chi connectivity index (χ2v) is 10.4. The molecule has 0 saturated carbocycles. The SMILES string of the molecule is Cc1csc(NC(=O)C2CCN(C(=O)c3ccc(S(=O)(=O)NCc4ccco4)cc3)CC2)n1. The van der Waals surface area contributed by atoms with E-state index in [9.17, 15) is 18.0 Å². The van der Waals surface area contributed by atoms with E-state index >= 15 is 0 Å². The Morgan fingerprint density at radius 1 is 1.18 bits per heavy atom. The van der Waals surface area contributed by atoms with Gasteiger partial charge >= 0.3 is 0 Å². The Kier molecular flexibility index (Phi) is 6.91. The van der Waals surface area contributed by atoms with Gasteiger partial charge in [0.25, 0.3) is 5.91 Å². The third-order valence-corrected chi connectivity index (χ3v) is 7.72. The standard InChI is InChI=1S/C22H24N4O5S2/c1-15-14-32-22(24-15)25-20(27)16-8-10-26(11-9-16)21(28)17-4-6-19(7-5-17)33(29,30)23-13-18-3-2-12-31-18/h2-7,12,14,16,23H,8-11,13H2,1H3,(H,24,25,27). The Bertz CT molecular complexity index is 1210. The maximum absolute atomic E-state index is 12.9. The van der Waals surface area contributed by atoms with Gasteiger partial charge in [-0.25, -0.2) is 18.1 Å². The van der Waals surface area contributed by atoms with Gasteiger partial charge in [0.15, 0.2) is 5.13 Å². The number of anilines is 1. The summed E-state index contributed by atoms with van der Waals surface area (Å²) in [4.78, 5) is 31.3. The zero-order valence-corrected chi connectivity index (χ0v) is 19.6. The summed E-state index contributed by atoms with van der Waals surface area (Å²) in [5.74, 6) is 0.0696. The summed E-state index contributed by atoms with van der Waals surface area (Å²) in [6, 6.07) is 9.20. The van der Waals surface area contributed by atoms with E-state index in [1.54, 1.807) is 17.0 Å². The number of nitrogens with one attached hydrogen (secondary N) is 2. The highest BCUT2D eigenvalue weighted by Crippen LogP contribution is 2.23. The van der Waals surface area contributed by atoms with Crippen LogP contribution in [-0.4, -0.2) is 43.2 Å². The first-order chi connectivity index (χ1) is 15.8. The summed E-state index contributed by atoms with van der Waals surface area (Å²) in [5, 5.41) is 5.31. The molecule has 1 aliphatic rings. The van der Waals surface area contributed by atoms with Crippen LogP contribution < -0.4 is 10.0 Å². The number of aryl methyl sites for hydroxylation is 1. The Labute approximate surface area is 195 Å². The third kappa shape index (κ3) is 5.67. The van der Waals surface area contributed by atoms with E-state index in [0.717, 1.165) is 5.69 Å². The number of hydrogen-bond acceptors (Lipinski definition) is 7. The molecule has 1 fully saturated rings. The first-order valence-corrected chi connectivity index (χ1v) is 12.8. The third-order valence-electron chi connectivity index (χ3n) is 5.43. The van der Waals surface area contributed by atoms with Gasteiger partial charge in [-0.05, 0) is 56.2 Å².